The van der Waals surface area contributed by atoms with Crippen LogP contribution in [0.2, 0.25) is 0 Å². The number of nitrogens with zero attached hydrogens (tertiary/aromatic N) is 7. The van der Waals surface area contributed by atoms with Gasteiger partial charge in [0.1, 0.15) is 6.54 Å². The standard InChI is InChI=1S/C23H25N7O2/c1-3-19-12-21(18-6-4-5-17(11-18)13-24)27-30(19)16-22(31)28-7-9-29(10-8-28)23-25-14-20(32-2)15-26-23/h4-6,11-12,14-15H,3,7-10,16H2,1-2H3. The van der Waals surface area contributed by atoms with Crippen LogP contribution < -0.4 is 9.64 Å². The van der Waals surface area contributed by atoms with Gasteiger partial charge < -0.3 is 14.5 Å². The second-order valence-corrected chi connectivity index (χ2v) is 7.52. The molecule has 4 rings (SSSR count). The molecule has 0 atom stereocenters. The Morgan fingerprint density at radius 1 is 1.16 bits per heavy atom. The summed E-state index contributed by atoms with van der Waals surface area (Å²) in [5.41, 5.74) is 3.22. The van der Waals surface area contributed by atoms with Crippen molar-refractivity contribution in [1.29, 1.82) is 5.26 Å². The van der Waals surface area contributed by atoms with E-state index in [1.54, 1.807) is 30.3 Å². The molecule has 32 heavy (non-hydrogen) atoms. The zero-order valence-electron chi connectivity index (χ0n) is 18.2. The van der Waals surface area contributed by atoms with Crippen molar-refractivity contribution in [2.45, 2.75) is 19.9 Å². The number of rotatable bonds is 6. The molecule has 1 aliphatic heterocycles. The first-order valence-corrected chi connectivity index (χ1v) is 10.6. The van der Waals surface area contributed by atoms with Crippen LogP contribution in [0.15, 0.2) is 42.7 Å². The molecule has 0 bridgehead atoms. The van der Waals surface area contributed by atoms with Crippen LogP contribution in [-0.4, -0.2) is 63.8 Å². The summed E-state index contributed by atoms with van der Waals surface area (Å²) >= 11 is 0. The Morgan fingerprint density at radius 2 is 1.91 bits per heavy atom. The summed E-state index contributed by atoms with van der Waals surface area (Å²) in [6, 6.07) is 11.5. The highest BCUT2D eigenvalue weighted by atomic mass is 16.5. The fourth-order valence-corrected chi connectivity index (χ4v) is 3.73. The predicted octanol–water partition coefficient (Wildman–Crippen LogP) is 2.13. The number of aryl methyl sites for hydroxylation is 1. The number of carbonyl (C=O) groups is 1. The van der Waals surface area contributed by atoms with Crippen LogP contribution in [0.1, 0.15) is 18.2 Å². The fourth-order valence-electron chi connectivity index (χ4n) is 3.73. The van der Waals surface area contributed by atoms with Gasteiger partial charge in [0, 0.05) is 37.4 Å². The fraction of sp³-hybridized carbons (Fsp3) is 0.348. The zero-order valence-corrected chi connectivity index (χ0v) is 18.2. The largest absolute Gasteiger partial charge is 0.494 e. The van der Waals surface area contributed by atoms with Crippen molar-refractivity contribution < 1.29 is 9.53 Å². The minimum absolute atomic E-state index is 0.0374. The first kappa shape index (κ1) is 21.3. The smallest absolute Gasteiger partial charge is 0.244 e. The first-order valence-electron chi connectivity index (χ1n) is 10.6. The monoisotopic (exact) mass is 431 g/mol. The highest BCUT2D eigenvalue weighted by Gasteiger charge is 2.23. The Bertz CT molecular complexity index is 1130. The summed E-state index contributed by atoms with van der Waals surface area (Å²) in [5, 5.41) is 13.8. The Balaban J connectivity index is 1.40. The van der Waals surface area contributed by atoms with Crippen LogP contribution in [0.5, 0.6) is 5.75 Å². The maximum absolute atomic E-state index is 13.0. The van der Waals surface area contributed by atoms with Crippen LogP contribution in [0.3, 0.4) is 0 Å². The van der Waals surface area contributed by atoms with Gasteiger partial charge in [-0.1, -0.05) is 19.1 Å². The van der Waals surface area contributed by atoms with Gasteiger partial charge in [0.2, 0.25) is 11.9 Å². The van der Waals surface area contributed by atoms with Gasteiger partial charge in [-0.25, -0.2) is 9.97 Å². The molecular formula is C23H25N7O2. The number of piperazine rings is 1. The van der Waals surface area contributed by atoms with E-state index in [2.05, 4.69) is 26.0 Å². The molecule has 0 aliphatic carbocycles. The van der Waals surface area contributed by atoms with Gasteiger partial charge in [-0.3, -0.25) is 9.48 Å². The molecule has 1 aromatic carbocycles. The average Bonchev–Trinajstić information content (AvgIpc) is 3.27. The molecular weight excluding hydrogens is 406 g/mol. The number of benzene rings is 1. The number of nitriles is 1. The van der Waals surface area contributed by atoms with Gasteiger partial charge in [-0.15, -0.1) is 0 Å². The molecule has 0 spiro atoms. The molecule has 0 N–H and O–H groups in total. The third-order valence-electron chi connectivity index (χ3n) is 5.56. The lowest BCUT2D eigenvalue weighted by Crippen LogP contribution is -2.50. The zero-order chi connectivity index (χ0) is 22.5. The molecule has 9 nitrogen and oxygen atoms in total. The van der Waals surface area contributed by atoms with Gasteiger partial charge >= 0.3 is 0 Å². The lowest BCUT2D eigenvalue weighted by atomic mass is 10.1. The lowest BCUT2D eigenvalue weighted by Gasteiger charge is -2.34. The van der Waals surface area contributed by atoms with Gasteiger partial charge in [0.25, 0.3) is 0 Å². The number of hydrogen-bond acceptors (Lipinski definition) is 7. The van der Waals surface area contributed by atoms with E-state index in [0.29, 0.717) is 43.4 Å². The average molecular weight is 432 g/mol. The van der Waals surface area contributed by atoms with Gasteiger partial charge in [0.15, 0.2) is 5.75 Å². The van der Waals surface area contributed by atoms with E-state index in [1.807, 2.05) is 36.1 Å². The second kappa shape index (κ2) is 9.47. The summed E-state index contributed by atoms with van der Waals surface area (Å²) in [6.45, 7) is 4.79. The van der Waals surface area contributed by atoms with Crippen molar-refractivity contribution in [1.82, 2.24) is 24.6 Å². The number of aromatic nitrogens is 4. The summed E-state index contributed by atoms with van der Waals surface area (Å²) in [7, 11) is 1.58. The molecule has 2 aromatic heterocycles. The summed E-state index contributed by atoms with van der Waals surface area (Å²) in [4.78, 5) is 25.5. The van der Waals surface area contributed by atoms with Crippen molar-refractivity contribution in [2.24, 2.45) is 0 Å². The number of anilines is 1. The van der Waals surface area contributed by atoms with E-state index < -0.39 is 0 Å². The quantitative estimate of drug-likeness (QED) is 0.589. The molecule has 9 heteroatoms. The maximum atomic E-state index is 13.0. The highest BCUT2D eigenvalue weighted by molar-refractivity contribution is 5.76. The normalized spacial score (nSPS) is 13.7. The number of hydrogen-bond donors (Lipinski definition) is 0. The summed E-state index contributed by atoms with van der Waals surface area (Å²) in [5.74, 6) is 1.30. The topological polar surface area (TPSA) is 100 Å². The molecule has 1 aliphatic rings. The van der Waals surface area contributed by atoms with Crippen LogP contribution >= 0.6 is 0 Å². The van der Waals surface area contributed by atoms with Crippen molar-refractivity contribution in [3.8, 4) is 23.1 Å². The molecule has 1 fully saturated rings. The third-order valence-corrected chi connectivity index (χ3v) is 5.56. The second-order valence-electron chi connectivity index (χ2n) is 7.52. The maximum Gasteiger partial charge on any atom is 0.244 e. The van der Waals surface area contributed by atoms with Crippen LogP contribution in [-0.2, 0) is 17.8 Å². The number of carbonyl (C=O) groups excluding carboxylic acids is 1. The van der Waals surface area contributed by atoms with E-state index in [0.717, 1.165) is 23.4 Å². The molecule has 3 aromatic rings. The van der Waals surface area contributed by atoms with E-state index in [1.165, 1.54) is 0 Å². The predicted molar refractivity (Wildman–Crippen MR) is 119 cm³/mol. The van der Waals surface area contributed by atoms with Crippen molar-refractivity contribution in [3.05, 3.63) is 54.0 Å². The molecule has 1 amide bonds. The Labute approximate surface area is 186 Å². The minimum atomic E-state index is 0.0374. The number of ether oxygens (including phenoxy) is 1. The van der Waals surface area contributed by atoms with Gasteiger partial charge in [-0.05, 0) is 24.6 Å². The van der Waals surface area contributed by atoms with E-state index in [-0.39, 0.29) is 12.5 Å². The van der Waals surface area contributed by atoms with Crippen LogP contribution in [0.4, 0.5) is 5.95 Å². The Hall–Kier alpha value is -3.93. The molecule has 0 saturated carbocycles. The van der Waals surface area contributed by atoms with E-state index in [9.17, 15) is 4.79 Å². The number of amides is 1. The molecule has 0 unspecified atom stereocenters. The number of methoxy groups -OCH3 is 1. The SMILES string of the molecule is CCc1cc(-c2cccc(C#N)c2)nn1CC(=O)N1CCN(c2ncc(OC)cn2)CC1. The van der Waals surface area contributed by atoms with Crippen molar-refractivity contribution in [2.75, 3.05) is 38.2 Å². The summed E-state index contributed by atoms with van der Waals surface area (Å²) < 4.78 is 6.88. The molecule has 3 heterocycles. The molecule has 164 valence electrons. The molecule has 1 saturated heterocycles. The molecule has 0 radical (unpaired) electrons. The van der Waals surface area contributed by atoms with E-state index >= 15 is 0 Å². The van der Waals surface area contributed by atoms with Crippen LogP contribution in [0.25, 0.3) is 11.3 Å². The summed E-state index contributed by atoms with van der Waals surface area (Å²) in [6.07, 6.45) is 4.06. The lowest BCUT2D eigenvalue weighted by molar-refractivity contribution is -0.132. The highest BCUT2D eigenvalue weighted by Crippen LogP contribution is 2.21. The van der Waals surface area contributed by atoms with Crippen molar-refractivity contribution in [3.63, 3.8) is 0 Å². The Morgan fingerprint density at radius 3 is 2.56 bits per heavy atom. The van der Waals surface area contributed by atoms with Crippen LogP contribution in [0, 0.1) is 11.3 Å². The minimum Gasteiger partial charge on any atom is -0.494 e. The first-order chi connectivity index (χ1) is 15.6. The third kappa shape index (κ3) is 4.54. The van der Waals surface area contributed by atoms with Gasteiger partial charge in [0.05, 0.1) is 36.8 Å². The van der Waals surface area contributed by atoms with E-state index in [4.69, 9.17) is 10.00 Å². The van der Waals surface area contributed by atoms with Crippen molar-refractivity contribution >= 4 is 11.9 Å². The Kier molecular flexibility index (Phi) is 6.31. The van der Waals surface area contributed by atoms with Gasteiger partial charge in [-0.2, -0.15) is 10.4 Å².